The third-order valence-corrected chi connectivity index (χ3v) is 3.09. The topological polar surface area (TPSA) is 21.3 Å². The number of benzene rings is 1. The summed E-state index contributed by atoms with van der Waals surface area (Å²) < 4.78 is 19.0. The lowest BCUT2D eigenvalue weighted by Crippen LogP contribution is -2.46. The highest BCUT2D eigenvalue weighted by Crippen LogP contribution is 2.30. The average Bonchev–Trinajstić information content (AvgIpc) is 2.21. The zero-order valence-electron chi connectivity index (χ0n) is 9.17. The SMILES string of the molecule is CCNC1CC(Oc2cccc(Cl)c2F)C1. The molecule has 1 aliphatic rings. The van der Waals surface area contributed by atoms with Gasteiger partial charge in [-0.25, -0.2) is 4.39 Å². The van der Waals surface area contributed by atoms with E-state index >= 15 is 0 Å². The van der Waals surface area contributed by atoms with Gasteiger partial charge in [-0.05, 0) is 31.5 Å². The first-order chi connectivity index (χ1) is 7.70. The van der Waals surface area contributed by atoms with Crippen LogP contribution in [0.4, 0.5) is 4.39 Å². The van der Waals surface area contributed by atoms with Gasteiger partial charge in [-0.1, -0.05) is 24.6 Å². The smallest absolute Gasteiger partial charge is 0.183 e. The molecule has 1 aromatic rings. The van der Waals surface area contributed by atoms with Crippen LogP contribution in [0.25, 0.3) is 0 Å². The van der Waals surface area contributed by atoms with Gasteiger partial charge >= 0.3 is 0 Å². The quantitative estimate of drug-likeness (QED) is 0.878. The lowest BCUT2D eigenvalue weighted by atomic mass is 9.89. The summed E-state index contributed by atoms with van der Waals surface area (Å²) >= 11 is 5.67. The van der Waals surface area contributed by atoms with E-state index in [4.69, 9.17) is 16.3 Å². The minimum atomic E-state index is -0.462. The maximum Gasteiger partial charge on any atom is 0.183 e. The number of ether oxygens (including phenoxy) is 1. The maximum absolute atomic E-state index is 13.5. The zero-order chi connectivity index (χ0) is 11.5. The van der Waals surface area contributed by atoms with Crippen molar-refractivity contribution in [1.82, 2.24) is 5.32 Å². The molecule has 0 aromatic heterocycles. The molecule has 0 amide bonds. The van der Waals surface area contributed by atoms with Gasteiger partial charge in [0.2, 0.25) is 0 Å². The maximum atomic E-state index is 13.5. The second-order valence-electron chi connectivity index (χ2n) is 4.02. The van der Waals surface area contributed by atoms with E-state index in [0.717, 1.165) is 19.4 Å². The van der Waals surface area contributed by atoms with Crippen LogP contribution in [0.5, 0.6) is 5.75 Å². The summed E-state index contributed by atoms with van der Waals surface area (Å²) in [6.45, 7) is 3.04. The third kappa shape index (κ3) is 2.47. The van der Waals surface area contributed by atoms with Crippen LogP contribution < -0.4 is 10.1 Å². The molecule has 1 aliphatic carbocycles. The molecule has 0 atom stereocenters. The molecule has 16 heavy (non-hydrogen) atoms. The van der Waals surface area contributed by atoms with Crippen molar-refractivity contribution < 1.29 is 9.13 Å². The minimum Gasteiger partial charge on any atom is -0.487 e. The van der Waals surface area contributed by atoms with Crippen LogP contribution in [0, 0.1) is 5.82 Å². The van der Waals surface area contributed by atoms with Crippen LogP contribution in [-0.4, -0.2) is 18.7 Å². The van der Waals surface area contributed by atoms with Gasteiger partial charge in [0.1, 0.15) is 6.10 Å². The highest BCUT2D eigenvalue weighted by Gasteiger charge is 2.30. The number of rotatable bonds is 4. The van der Waals surface area contributed by atoms with Gasteiger partial charge in [0, 0.05) is 6.04 Å². The predicted octanol–water partition coefficient (Wildman–Crippen LogP) is 3.00. The van der Waals surface area contributed by atoms with Crippen molar-refractivity contribution in [3.63, 3.8) is 0 Å². The Balaban J connectivity index is 1.89. The first kappa shape index (κ1) is 11.7. The summed E-state index contributed by atoms with van der Waals surface area (Å²) in [7, 11) is 0. The summed E-state index contributed by atoms with van der Waals surface area (Å²) in [5.41, 5.74) is 0. The Morgan fingerprint density at radius 3 is 2.94 bits per heavy atom. The fourth-order valence-electron chi connectivity index (χ4n) is 1.87. The Kier molecular flexibility index (Phi) is 3.66. The molecule has 0 unspecified atom stereocenters. The van der Waals surface area contributed by atoms with E-state index < -0.39 is 5.82 Å². The monoisotopic (exact) mass is 243 g/mol. The van der Waals surface area contributed by atoms with Crippen molar-refractivity contribution >= 4 is 11.6 Å². The molecule has 1 N–H and O–H groups in total. The summed E-state index contributed by atoms with van der Waals surface area (Å²) in [5.74, 6) is -0.205. The van der Waals surface area contributed by atoms with Gasteiger partial charge in [0.05, 0.1) is 5.02 Å². The van der Waals surface area contributed by atoms with Crippen LogP contribution in [0.1, 0.15) is 19.8 Å². The largest absolute Gasteiger partial charge is 0.487 e. The molecule has 1 saturated carbocycles. The second-order valence-corrected chi connectivity index (χ2v) is 4.43. The standard InChI is InChI=1S/C12H15ClFNO/c1-2-15-8-6-9(7-8)16-11-5-3-4-10(13)12(11)14/h3-5,8-9,15H,2,6-7H2,1H3. The van der Waals surface area contributed by atoms with Crippen molar-refractivity contribution in [2.24, 2.45) is 0 Å². The highest BCUT2D eigenvalue weighted by atomic mass is 35.5. The zero-order valence-corrected chi connectivity index (χ0v) is 9.93. The molecule has 1 aromatic carbocycles. The van der Waals surface area contributed by atoms with E-state index in [-0.39, 0.29) is 16.9 Å². The van der Waals surface area contributed by atoms with Crippen molar-refractivity contribution in [2.75, 3.05) is 6.54 Å². The van der Waals surface area contributed by atoms with Gasteiger partial charge in [-0.3, -0.25) is 0 Å². The summed E-state index contributed by atoms with van der Waals surface area (Å²) in [6.07, 6.45) is 1.97. The summed E-state index contributed by atoms with van der Waals surface area (Å²) in [5, 5.41) is 3.44. The molecule has 0 aliphatic heterocycles. The van der Waals surface area contributed by atoms with Crippen LogP contribution in [-0.2, 0) is 0 Å². The first-order valence-corrected chi connectivity index (χ1v) is 5.92. The van der Waals surface area contributed by atoms with Gasteiger partial charge in [0.15, 0.2) is 11.6 Å². The number of hydrogen-bond acceptors (Lipinski definition) is 2. The molecule has 0 bridgehead atoms. The second kappa shape index (κ2) is 5.02. The molecular formula is C12H15ClFNO. The fraction of sp³-hybridized carbons (Fsp3) is 0.500. The van der Waals surface area contributed by atoms with Crippen molar-refractivity contribution in [3.8, 4) is 5.75 Å². The molecule has 2 nitrogen and oxygen atoms in total. The Labute approximate surface area is 99.7 Å². The average molecular weight is 244 g/mol. The molecule has 0 heterocycles. The molecule has 0 saturated heterocycles. The summed E-state index contributed by atoms with van der Waals surface area (Å²) in [6, 6.07) is 5.34. The highest BCUT2D eigenvalue weighted by molar-refractivity contribution is 6.30. The molecule has 0 spiro atoms. The Hall–Kier alpha value is -0.800. The van der Waals surface area contributed by atoms with Gasteiger partial charge in [-0.2, -0.15) is 0 Å². The third-order valence-electron chi connectivity index (χ3n) is 2.80. The van der Waals surface area contributed by atoms with Gasteiger partial charge < -0.3 is 10.1 Å². The molecule has 1 fully saturated rings. The molecular weight excluding hydrogens is 229 g/mol. The van der Waals surface area contributed by atoms with Gasteiger partial charge in [0.25, 0.3) is 0 Å². The lowest BCUT2D eigenvalue weighted by Gasteiger charge is -2.35. The van der Waals surface area contributed by atoms with Crippen LogP contribution >= 0.6 is 11.6 Å². The van der Waals surface area contributed by atoms with Crippen LogP contribution in [0.2, 0.25) is 5.02 Å². The molecule has 4 heteroatoms. The Morgan fingerprint density at radius 2 is 2.25 bits per heavy atom. The normalized spacial score (nSPS) is 23.9. The van der Waals surface area contributed by atoms with E-state index in [2.05, 4.69) is 12.2 Å². The van der Waals surface area contributed by atoms with Crippen LogP contribution in [0.3, 0.4) is 0 Å². The van der Waals surface area contributed by atoms with Crippen molar-refractivity contribution in [1.29, 1.82) is 0 Å². The fourth-order valence-corrected chi connectivity index (χ4v) is 2.04. The number of hydrogen-bond donors (Lipinski definition) is 1. The Bertz CT molecular complexity index is 366. The summed E-state index contributed by atoms with van der Waals surface area (Å²) in [4.78, 5) is 0. The van der Waals surface area contributed by atoms with E-state index in [1.807, 2.05) is 0 Å². The lowest BCUT2D eigenvalue weighted by molar-refractivity contribution is 0.0819. The number of halogens is 2. The van der Waals surface area contributed by atoms with E-state index in [1.54, 1.807) is 12.1 Å². The number of nitrogens with one attached hydrogen (secondary N) is 1. The van der Waals surface area contributed by atoms with Crippen LogP contribution in [0.15, 0.2) is 18.2 Å². The molecule has 2 rings (SSSR count). The molecule has 88 valence electrons. The van der Waals surface area contributed by atoms with Crippen molar-refractivity contribution in [3.05, 3.63) is 29.0 Å². The Morgan fingerprint density at radius 1 is 1.50 bits per heavy atom. The minimum absolute atomic E-state index is 0.108. The van der Waals surface area contributed by atoms with E-state index in [1.165, 1.54) is 6.07 Å². The van der Waals surface area contributed by atoms with E-state index in [0.29, 0.717) is 6.04 Å². The van der Waals surface area contributed by atoms with Gasteiger partial charge in [-0.15, -0.1) is 0 Å². The predicted molar refractivity (Wildman–Crippen MR) is 62.5 cm³/mol. The van der Waals surface area contributed by atoms with Crippen molar-refractivity contribution in [2.45, 2.75) is 31.9 Å². The van der Waals surface area contributed by atoms with E-state index in [9.17, 15) is 4.39 Å². The molecule has 0 radical (unpaired) electrons. The first-order valence-electron chi connectivity index (χ1n) is 5.54.